The van der Waals surface area contributed by atoms with Crippen molar-refractivity contribution >= 4 is 11.4 Å². The van der Waals surface area contributed by atoms with Gasteiger partial charge in [-0.25, -0.2) is 0 Å². The molecule has 1 fully saturated rings. The smallest absolute Gasteiger partial charge is 0.0762 e. The van der Waals surface area contributed by atoms with Gasteiger partial charge in [0.05, 0.1) is 6.10 Å². The second-order valence-electron chi connectivity index (χ2n) is 3.69. The van der Waals surface area contributed by atoms with Crippen molar-refractivity contribution in [3.05, 3.63) is 24.3 Å². The Labute approximate surface area is 84.5 Å². The van der Waals surface area contributed by atoms with Crippen molar-refractivity contribution in [1.82, 2.24) is 0 Å². The molecule has 1 atom stereocenters. The SMILES string of the molecule is COC1CCN(c2cccc(N)c2)C1. The highest BCUT2D eigenvalue weighted by atomic mass is 16.5. The summed E-state index contributed by atoms with van der Waals surface area (Å²) < 4.78 is 5.32. The Balaban J connectivity index is 2.09. The summed E-state index contributed by atoms with van der Waals surface area (Å²) in [7, 11) is 1.77. The molecule has 1 heterocycles. The molecule has 1 aromatic rings. The van der Waals surface area contributed by atoms with E-state index in [9.17, 15) is 0 Å². The third-order valence-electron chi connectivity index (χ3n) is 2.71. The van der Waals surface area contributed by atoms with E-state index in [1.165, 1.54) is 5.69 Å². The number of nitrogens with two attached hydrogens (primary N) is 1. The fourth-order valence-corrected chi connectivity index (χ4v) is 1.88. The van der Waals surface area contributed by atoms with Gasteiger partial charge in [0.25, 0.3) is 0 Å². The number of nitrogens with zero attached hydrogens (tertiary/aromatic N) is 1. The Bertz CT molecular complexity index is 314. The Morgan fingerprint density at radius 1 is 1.50 bits per heavy atom. The van der Waals surface area contributed by atoms with Gasteiger partial charge >= 0.3 is 0 Å². The molecule has 0 spiro atoms. The number of anilines is 2. The highest BCUT2D eigenvalue weighted by molar-refractivity contribution is 5.56. The third-order valence-corrected chi connectivity index (χ3v) is 2.71. The number of hydrogen-bond donors (Lipinski definition) is 1. The topological polar surface area (TPSA) is 38.5 Å². The highest BCUT2D eigenvalue weighted by Gasteiger charge is 2.21. The molecule has 0 aromatic heterocycles. The van der Waals surface area contributed by atoms with Crippen LogP contribution < -0.4 is 10.6 Å². The van der Waals surface area contributed by atoms with E-state index in [1.807, 2.05) is 18.2 Å². The maximum atomic E-state index is 5.74. The van der Waals surface area contributed by atoms with Crippen LogP contribution in [0, 0.1) is 0 Å². The Kier molecular flexibility index (Phi) is 2.59. The predicted octanol–water partition coefficient (Wildman–Crippen LogP) is 1.49. The lowest BCUT2D eigenvalue weighted by molar-refractivity contribution is 0.121. The number of nitrogen functional groups attached to an aromatic ring is 1. The Morgan fingerprint density at radius 2 is 2.36 bits per heavy atom. The summed E-state index contributed by atoms with van der Waals surface area (Å²) in [5.41, 5.74) is 7.76. The van der Waals surface area contributed by atoms with E-state index in [4.69, 9.17) is 10.5 Å². The molecular formula is C11H16N2O. The average Bonchev–Trinajstić information content (AvgIpc) is 2.66. The molecule has 2 N–H and O–H groups in total. The minimum absolute atomic E-state index is 0.372. The summed E-state index contributed by atoms with van der Waals surface area (Å²) in [6.45, 7) is 2.03. The summed E-state index contributed by atoms with van der Waals surface area (Å²) in [4.78, 5) is 2.31. The van der Waals surface area contributed by atoms with Gasteiger partial charge in [0.15, 0.2) is 0 Å². The molecule has 0 saturated carbocycles. The molecule has 3 heteroatoms. The molecule has 0 bridgehead atoms. The van der Waals surface area contributed by atoms with E-state index in [1.54, 1.807) is 7.11 Å². The predicted molar refractivity (Wildman–Crippen MR) is 58.5 cm³/mol. The minimum Gasteiger partial charge on any atom is -0.399 e. The van der Waals surface area contributed by atoms with Crippen LogP contribution in [0.25, 0.3) is 0 Å². The van der Waals surface area contributed by atoms with Crippen LogP contribution in [-0.2, 0) is 4.74 Å². The van der Waals surface area contributed by atoms with Crippen LogP contribution in [0.2, 0.25) is 0 Å². The molecule has 0 aliphatic carbocycles. The zero-order valence-corrected chi connectivity index (χ0v) is 8.44. The lowest BCUT2D eigenvalue weighted by Crippen LogP contribution is -2.22. The van der Waals surface area contributed by atoms with Crippen molar-refractivity contribution in [2.45, 2.75) is 12.5 Å². The third kappa shape index (κ3) is 1.82. The van der Waals surface area contributed by atoms with Gasteiger partial charge in [-0.15, -0.1) is 0 Å². The van der Waals surface area contributed by atoms with Crippen molar-refractivity contribution in [1.29, 1.82) is 0 Å². The number of rotatable bonds is 2. The summed E-state index contributed by atoms with van der Waals surface area (Å²) >= 11 is 0. The molecule has 1 unspecified atom stereocenters. The normalized spacial score (nSPS) is 21.5. The van der Waals surface area contributed by atoms with Gasteiger partial charge in [-0.05, 0) is 24.6 Å². The van der Waals surface area contributed by atoms with Crippen molar-refractivity contribution in [3.63, 3.8) is 0 Å². The first-order valence-corrected chi connectivity index (χ1v) is 4.93. The summed E-state index contributed by atoms with van der Waals surface area (Å²) in [5, 5.41) is 0. The quantitative estimate of drug-likeness (QED) is 0.721. The summed E-state index contributed by atoms with van der Waals surface area (Å²) in [6, 6.07) is 8.00. The fourth-order valence-electron chi connectivity index (χ4n) is 1.88. The van der Waals surface area contributed by atoms with Crippen LogP contribution >= 0.6 is 0 Å². The average molecular weight is 192 g/mol. The molecule has 76 valence electrons. The van der Waals surface area contributed by atoms with Crippen LogP contribution in [0.4, 0.5) is 11.4 Å². The maximum absolute atomic E-state index is 5.74. The monoisotopic (exact) mass is 192 g/mol. The van der Waals surface area contributed by atoms with Gasteiger partial charge in [-0.3, -0.25) is 0 Å². The first kappa shape index (κ1) is 9.34. The van der Waals surface area contributed by atoms with Gasteiger partial charge < -0.3 is 15.4 Å². The second kappa shape index (κ2) is 3.88. The number of methoxy groups -OCH3 is 1. The molecule has 1 aliphatic heterocycles. The van der Waals surface area contributed by atoms with Crippen LogP contribution in [0.3, 0.4) is 0 Å². The van der Waals surface area contributed by atoms with Crippen LogP contribution in [0.1, 0.15) is 6.42 Å². The molecule has 0 radical (unpaired) electrons. The lowest BCUT2D eigenvalue weighted by Gasteiger charge is -2.18. The second-order valence-corrected chi connectivity index (χ2v) is 3.69. The molecule has 3 nitrogen and oxygen atoms in total. The van der Waals surface area contributed by atoms with Gasteiger partial charge in [0.2, 0.25) is 0 Å². The van der Waals surface area contributed by atoms with Crippen molar-refractivity contribution in [2.24, 2.45) is 0 Å². The van der Waals surface area contributed by atoms with Gasteiger partial charge in [-0.1, -0.05) is 6.07 Å². The number of ether oxygens (including phenoxy) is 1. The molecule has 1 saturated heterocycles. The van der Waals surface area contributed by atoms with Crippen molar-refractivity contribution in [2.75, 3.05) is 30.8 Å². The fraction of sp³-hybridized carbons (Fsp3) is 0.455. The maximum Gasteiger partial charge on any atom is 0.0762 e. The van der Waals surface area contributed by atoms with E-state index >= 15 is 0 Å². The van der Waals surface area contributed by atoms with Crippen LogP contribution in [0.15, 0.2) is 24.3 Å². The van der Waals surface area contributed by atoms with E-state index < -0.39 is 0 Å². The lowest BCUT2D eigenvalue weighted by atomic mass is 10.2. The van der Waals surface area contributed by atoms with Crippen molar-refractivity contribution < 1.29 is 4.74 Å². The molecule has 0 amide bonds. The van der Waals surface area contributed by atoms with E-state index in [-0.39, 0.29) is 0 Å². The number of hydrogen-bond acceptors (Lipinski definition) is 3. The van der Waals surface area contributed by atoms with Crippen LogP contribution in [0.5, 0.6) is 0 Å². The van der Waals surface area contributed by atoms with Crippen molar-refractivity contribution in [3.8, 4) is 0 Å². The highest BCUT2D eigenvalue weighted by Crippen LogP contribution is 2.22. The van der Waals surface area contributed by atoms with E-state index in [0.29, 0.717) is 6.10 Å². The standard InChI is InChI=1S/C11H16N2O/c1-14-11-5-6-13(8-11)10-4-2-3-9(12)7-10/h2-4,7,11H,5-6,8,12H2,1H3. The zero-order chi connectivity index (χ0) is 9.97. The summed E-state index contributed by atoms with van der Waals surface area (Å²) in [6.07, 6.45) is 1.47. The largest absolute Gasteiger partial charge is 0.399 e. The molecular weight excluding hydrogens is 176 g/mol. The van der Waals surface area contributed by atoms with Gasteiger partial charge in [0, 0.05) is 31.6 Å². The Hall–Kier alpha value is -1.22. The molecule has 1 aromatic carbocycles. The first-order valence-electron chi connectivity index (χ1n) is 4.93. The molecule has 1 aliphatic rings. The Morgan fingerprint density at radius 3 is 3.00 bits per heavy atom. The molecule has 2 rings (SSSR count). The molecule has 14 heavy (non-hydrogen) atoms. The van der Waals surface area contributed by atoms with E-state index in [0.717, 1.165) is 25.2 Å². The summed E-state index contributed by atoms with van der Waals surface area (Å²) in [5.74, 6) is 0. The van der Waals surface area contributed by atoms with E-state index in [2.05, 4.69) is 11.0 Å². The van der Waals surface area contributed by atoms with Gasteiger partial charge in [-0.2, -0.15) is 0 Å². The zero-order valence-electron chi connectivity index (χ0n) is 8.44. The minimum atomic E-state index is 0.372. The first-order chi connectivity index (χ1) is 6.79. The van der Waals surface area contributed by atoms with Crippen LogP contribution in [-0.4, -0.2) is 26.3 Å². The number of benzene rings is 1. The van der Waals surface area contributed by atoms with Gasteiger partial charge in [0.1, 0.15) is 0 Å².